The van der Waals surface area contributed by atoms with Crippen LogP contribution in [0.4, 0.5) is 0 Å². The highest BCUT2D eigenvalue weighted by atomic mass is 35.5. The molecule has 0 aliphatic carbocycles. The van der Waals surface area contributed by atoms with Crippen LogP contribution >= 0.6 is 12.4 Å². The van der Waals surface area contributed by atoms with Gasteiger partial charge in [-0.2, -0.15) is 0 Å². The Balaban J connectivity index is 0.00000171. The van der Waals surface area contributed by atoms with Gasteiger partial charge in [0.05, 0.1) is 28.0 Å². The molecule has 1 aliphatic rings. The molecule has 0 bridgehead atoms. The van der Waals surface area contributed by atoms with Crippen LogP contribution in [0.15, 0.2) is 96.9 Å². The van der Waals surface area contributed by atoms with Crippen molar-refractivity contribution in [2.24, 2.45) is 5.73 Å². The minimum Gasteiger partial charge on any atom is -1.00 e. The minimum absolute atomic E-state index is 0. The van der Waals surface area contributed by atoms with Crippen LogP contribution in [0, 0.1) is 0 Å². The normalized spacial score (nSPS) is 12.0. The zero-order chi connectivity index (χ0) is 22.5. The Morgan fingerprint density at radius 3 is 2.43 bits per heavy atom. The third-order valence-corrected chi connectivity index (χ3v) is 5.58. The third kappa shape index (κ3) is 5.95. The molecule has 0 atom stereocenters. The number of hydrogen-bond acceptors (Lipinski definition) is 5. The number of benzene rings is 2. The van der Waals surface area contributed by atoms with Gasteiger partial charge in [-0.25, -0.2) is 9.97 Å². The van der Waals surface area contributed by atoms with Crippen LogP contribution in [-0.4, -0.2) is 22.8 Å². The van der Waals surface area contributed by atoms with Crippen LogP contribution < -0.4 is 27.9 Å². The highest BCUT2D eigenvalue weighted by molar-refractivity contribution is 5.93. The summed E-state index contributed by atoms with van der Waals surface area (Å²) in [6.07, 6.45) is 10.1. The Morgan fingerprint density at radius 1 is 0.914 bits per heavy atom. The fourth-order valence-corrected chi connectivity index (χ4v) is 3.84. The second kappa shape index (κ2) is 12.3. The van der Waals surface area contributed by atoms with E-state index in [9.17, 15) is 0 Å². The summed E-state index contributed by atoms with van der Waals surface area (Å²) in [5.41, 5.74) is 12.8. The first kappa shape index (κ1) is 26.1. The van der Waals surface area contributed by atoms with Gasteiger partial charge in [0.25, 0.3) is 5.70 Å². The van der Waals surface area contributed by atoms with Gasteiger partial charge in [0.2, 0.25) is 12.1 Å². The van der Waals surface area contributed by atoms with E-state index in [0.29, 0.717) is 25.5 Å². The fourth-order valence-electron chi connectivity index (χ4n) is 3.84. The zero-order valence-electron chi connectivity index (χ0n) is 19.0. The third-order valence-electron chi connectivity index (χ3n) is 5.58. The molecule has 0 spiro atoms. The van der Waals surface area contributed by atoms with Crippen molar-refractivity contribution in [2.75, 3.05) is 6.61 Å². The fraction of sp³-hybridized carbons (Fsp3) is 0.107. The van der Waals surface area contributed by atoms with E-state index in [4.69, 9.17) is 15.5 Å². The molecule has 2 N–H and O–H groups in total. The number of aliphatic imine (C=N–C) groups is 1. The quantitative estimate of drug-likeness (QED) is 0.420. The Kier molecular flexibility index (Phi) is 9.15. The Hall–Kier alpha value is -3.51. The molecule has 2 aromatic heterocycles. The maximum absolute atomic E-state index is 6.08. The number of nitrogens with zero attached hydrogens (tertiary/aromatic N) is 3. The molecule has 4 aromatic rings. The molecule has 1 radical (unpaired) electrons. The zero-order valence-corrected chi connectivity index (χ0v) is 20.5. The van der Waals surface area contributed by atoms with Crippen LogP contribution in [-0.2, 0) is 6.54 Å². The van der Waals surface area contributed by atoms with Crippen molar-refractivity contribution in [3.8, 4) is 28.3 Å². The molecular weight excluding hydrogens is 479 g/mol. The van der Waals surface area contributed by atoms with Gasteiger partial charge >= 0.3 is 0 Å². The smallest absolute Gasteiger partial charge is 0.257 e. The Bertz CT molecular complexity index is 1370. The van der Waals surface area contributed by atoms with Gasteiger partial charge < -0.3 is 22.9 Å². The molecule has 35 heavy (non-hydrogen) atoms. The van der Waals surface area contributed by atoms with Crippen LogP contribution in [0.1, 0.15) is 12.0 Å². The number of ether oxygens (including phenoxy) is 1. The average molecular weight is 504 g/mol. The van der Waals surface area contributed by atoms with E-state index in [0.717, 1.165) is 44.5 Å². The van der Waals surface area contributed by atoms with E-state index in [2.05, 4.69) is 52.4 Å². The van der Waals surface area contributed by atoms with E-state index in [-0.39, 0.29) is 24.8 Å². The molecule has 5 nitrogen and oxygen atoms in total. The maximum Gasteiger partial charge on any atom is 0.257 e. The standard InChI is InChI=1S/C28H24N4O.2ClH/c29-19-20-9-11-22(12-10-20)27-24(21-6-2-1-3-7-21)18-25-26(32-27)13-16-31-28(25)33-17-14-23-8-4-5-15-30-23;;/h1-13,15-16,18H,14,17,19,29H2;2*1H/q+1;;/p-1. The summed E-state index contributed by atoms with van der Waals surface area (Å²) in [6.45, 7) is 1.01. The second-order valence-corrected chi connectivity index (χ2v) is 7.75. The van der Waals surface area contributed by atoms with Gasteiger partial charge in [-0.1, -0.05) is 54.6 Å². The summed E-state index contributed by atoms with van der Waals surface area (Å²) in [7, 11) is 0. The van der Waals surface area contributed by atoms with E-state index >= 15 is 0 Å². The van der Waals surface area contributed by atoms with Crippen LogP contribution in [0.25, 0.3) is 33.3 Å². The summed E-state index contributed by atoms with van der Waals surface area (Å²) in [4.78, 5) is 13.9. The van der Waals surface area contributed by atoms with E-state index in [1.54, 1.807) is 12.4 Å². The van der Waals surface area contributed by atoms with Crippen molar-refractivity contribution in [2.45, 2.75) is 13.0 Å². The predicted octanol–water partition coefficient (Wildman–Crippen LogP) is 2.48. The molecule has 2 aromatic carbocycles. The van der Waals surface area contributed by atoms with Crippen molar-refractivity contribution < 1.29 is 17.1 Å². The predicted molar refractivity (Wildman–Crippen MR) is 141 cm³/mol. The largest absolute Gasteiger partial charge is 1.00 e. The summed E-state index contributed by atoms with van der Waals surface area (Å²) < 4.78 is 6.08. The van der Waals surface area contributed by atoms with Gasteiger partial charge in [0.15, 0.2) is 0 Å². The first-order chi connectivity index (χ1) is 16.3. The molecule has 0 unspecified atom stereocenters. The molecule has 5 rings (SSSR count). The molecule has 0 saturated carbocycles. The number of halogens is 2. The molecule has 0 saturated heterocycles. The highest BCUT2D eigenvalue weighted by Crippen LogP contribution is 2.35. The first-order valence-electron chi connectivity index (χ1n) is 11.0. The highest BCUT2D eigenvalue weighted by Gasteiger charge is 2.15. The topological polar surface area (TPSA) is 75.1 Å². The average Bonchev–Trinajstić information content (AvgIpc) is 2.89. The summed E-state index contributed by atoms with van der Waals surface area (Å²) >= 11 is 0. The van der Waals surface area contributed by atoms with Crippen molar-refractivity contribution in [1.82, 2.24) is 15.0 Å². The second-order valence-electron chi connectivity index (χ2n) is 7.75. The SMILES string of the molecule is Cl.NCc1ccc(-c2nc3ccnc(OCCC4=CC=CC=[N+]4)c3cc2-c2ccccc2)cc1.[Cl-]. The van der Waals surface area contributed by atoms with E-state index in [1.165, 1.54) is 0 Å². The van der Waals surface area contributed by atoms with E-state index in [1.807, 2.05) is 42.5 Å². The Labute approximate surface area is 217 Å². The number of hydrogen-bond donors (Lipinski definition) is 1. The van der Waals surface area contributed by atoms with Crippen molar-refractivity contribution in [3.63, 3.8) is 0 Å². The summed E-state index contributed by atoms with van der Waals surface area (Å²) in [6, 6.07) is 22.6. The summed E-state index contributed by atoms with van der Waals surface area (Å²) in [5.74, 6) is 0.582. The number of aromatic nitrogens is 2. The maximum atomic E-state index is 6.08. The Morgan fingerprint density at radius 2 is 1.71 bits per heavy atom. The molecule has 3 heterocycles. The van der Waals surface area contributed by atoms with E-state index < -0.39 is 0 Å². The van der Waals surface area contributed by atoms with Crippen LogP contribution in [0.5, 0.6) is 5.88 Å². The minimum atomic E-state index is 0. The summed E-state index contributed by atoms with van der Waals surface area (Å²) in [5, 5.41) is 0.889. The van der Waals surface area contributed by atoms with Gasteiger partial charge in [0, 0.05) is 36.0 Å². The number of fused-ring (bicyclic) bond motifs is 1. The number of pyridine rings is 2. The molecule has 1 aliphatic heterocycles. The lowest BCUT2D eigenvalue weighted by Crippen LogP contribution is -3.00. The van der Waals surface area contributed by atoms with Crippen molar-refractivity contribution >= 4 is 29.5 Å². The lowest BCUT2D eigenvalue weighted by atomic mass is 9.97. The van der Waals surface area contributed by atoms with Crippen LogP contribution in [0.2, 0.25) is 0 Å². The monoisotopic (exact) mass is 503 g/mol. The van der Waals surface area contributed by atoms with Gasteiger partial charge in [-0.3, -0.25) is 0 Å². The van der Waals surface area contributed by atoms with Crippen molar-refractivity contribution in [1.29, 1.82) is 0 Å². The molecule has 0 fully saturated rings. The number of nitrogens with two attached hydrogens (primary N) is 1. The van der Waals surface area contributed by atoms with Gasteiger partial charge in [0.1, 0.15) is 6.61 Å². The molecular formula is C28H25Cl2N4O. The van der Waals surface area contributed by atoms with Crippen LogP contribution in [0.3, 0.4) is 0 Å². The number of rotatable bonds is 7. The molecule has 7 heteroatoms. The molecule has 177 valence electrons. The first-order valence-corrected chi connectivity index (χ1v) is 11.0. The molecule has 0 amide bonds. The lowest BCUT2D eigenvalue weighted by molar-refractivity contribution is -0.00000742. The number of allylic oxidation sites excluding steroid dienone is 3. The lowest BCUT2D eigenvalue weighted by Gasteiger charge is -2.14. The van der Waals surface area contributed by atoms with Crippen molar-refractivity contribution in [3.05, 3.63) is 102 Å². The van der Waals surface area contributed by atoms with Gasteiger partial charge in [-0.05, 0) is 29.3 Å². The van der Waals surface area contributed by atoms with Gasteiger partial charge in [-0.15, -0.1) is 12.4 Å².